The summed E-state index contributed by atoms with van der Waals surface area (Å²) in [5.74, 6) is 0.789. The van der Waals surface area contributed by atoms with E-state index in [4.69, 9.17) is 0 Å². The molecule has 0 spiro atoms. The summed E-state index contributed by atoms with van der Waals surface area (Å²) in [6.07, 6.45) is 1.07. The van der Waals surface area contributed by atoms with E-state index in [0.717, 1.165) is 28.2 Å². The van der Waals surface area contributed by atoms with Crippen LogP contribution in [0.15, 0.2) is 36.4 Å². The van der Waals surface area contributed by atoms with Gasteiger partial charge in [-0.1, -0.05) is 12.1 Å². The van der Waals surface area contributed by atoms with Crippen LogP contribution in [-0.4, -0.2) is 45.9 Å². The number of thiophene rings is 1. The number of benzene rings is 1. The van der Waals surface area contributed by atoms with Gasteiger partial charge in [-0.2, -0.15) is 0 Å². The Morgan fingerprint density at radius 2 is 2.13 bits per heavy atom. The molecule has 1 saturated heterocycles. The summed E-state index contributed by atoms with van der Waals surface area (Å²) in [6.45, 7) is 2.70. The molecule has 2 aromatic heterocycles. The number of aromatic amines is 1. The number of piperidine rings is 1. The molecule has 2 amide bonds. The zero-order valence-corrected chi connectivity index (χ0v) is 18.1. The van der Waals surface area contributed by atoms with E-state index in [1.807, 2.05) is 37.3 Å². The van der Waals surface area contributed by atoms with Crippen molar-refractivity contribution in [2.75, 3.05) is 13.1 Å². The first-order chi connectivity index (χ1) is 15.0. The van der Waals surface area contributed by atoms with E-state index in [-0.39, 0.29) is 36.2 Å². The third-order valence-corrected chi connectivity index (χ3v) is 7.42. The van der Waals surface area contributed by atoms with Crippen LogP contribution < -0.4 is 5.32 Å². The highest BCUT2D eigenvalue weighted by molar-refractivity contribution is 7.14. The summed E-state index contributed by atoms with van der Waals surface area (Å²) >= 11 is 1.37. The lowest BCUT2D eigenvalue weighted by Crippen LogP contribution is -2.40. The minimum absolute atomic E-state index is 0.00975. The molecule has 1 saturated carbocycles. The van der Waals surface area contributed by atoms with Crippen molar-refractivity contribution in [1.82, 2.24) is 20.2 Å². The van der Waals surface area contributed by atoms with Crippen LogP contribution in [0.4, 0.5) is 4.39 Å². The highest BCUT2D eigenvalue weighted by atomic mass is 32.1. The lowest BCUT2D eigenvalue weighted by Gasteiger charge is -2.28. The van der Waals surface area contributed by atoms with Crippen LogP contribution >= 0.6 is 11.3 Å². The number of carbonyl (C=O) groups is 2. The van der Waals surface area contributed by atoms with Crippen LogP contribution in [0.25, 0.3) is 11.0 Å². The Balaban J connectivity index is 1.19. The van der Waals surface area contributed by atoms with Gasteiger partial charge in [-0.3, -0.25) is 9.59 Å². The van der Waals surface area contributed by atoms with E-state index in [2.05, 4.69) is 15.3 Å². The average molecular weight is 441 g/mol. The van der Waals surface area contributed by atoms with Gasteiger partial charge in [-0.15, -0.1) is 11.3 Å². The monoisotopic (exact) mass is 440 g/mol. The van der Waals surface area contributed by atoms with Crippen LogP contribution in [-0.2, 0) is 4.79 Å². The zero-order valence-electron chi connectivity index (χ0n) is 17.3. The Bertz CT molecular complexity index is 1090. The summed E-state index contributed by atoms with van der Waals surface area (Å²) in [4.78, 5) is 36.5. The Morgan fingerprint density at radius 3 is 2.94 bits per heavy atom. The van der Waals surface area contributed by atoms with Gasteiger partial charge in [0.2, 0.25) is 5.91 Å². The van der Waals surface area contributed by atoms with E-state index >= 15 is 0 Å². The molecule has 2 fully saturated rings. The molecular formula is C23H25FN4O2S. The van der Waals surface area contributed by atoms with Crippen molar-refractivity contribution in [2.24, 2.45) is 5.92 Å². The van der Waals surface area contributed by atoms with Gasteiger partial charge in [0.1, 0.15) is 12.0 Å². The normalized spacial score (nSPS) is 24.2. The van der Waals surface area contributed by atoms with Crippen molar-refractivity contribution in [3.8, 4) is 0 Å². The largest absolute Gasteiger partial charge is 0.349 e. The number of halogens is 1. The molecule has 2 N–H and O–H groups in total. The second kappa shape index (κ2) is 8.07. The van der Waals surface area contributed by atoms with Gasteiger partial charge < -0.3 is 15.2 Å². The van der Waals surface area contributed by atoms with Crippen molar-refractivity contribution >= 4 is 34.2 Å². The van der Waals surface area contributed by atoms with Gasteiger partial charge in [0.05, 0.1) is 28.5 Å². The number of alkyl halides is 1. The highest BCUT2D eigenvalue weighted by Crippen LogP contribution is 2.47. The van der Waals surface area contributed by atoms with Gasteiger partial charge in [0.25, 0.3) is 5.91 Å². The molecule has 3 aromatic rings. The SMILES string of the molecule is CC(NC(=O)[C@H]1C[C@@H]1c1nc2ccccc2[nH]1)c1ccc(C(=O)N2CCCC(F)C2)s1. The van der Waals surface area contributed by atoms with Crippen LogP contribution in [0.2, 0.25) is 0 Å². The molecule has 0 radical (unpaired) electrons. The second-order valence-electron chi connectivity index (χ2n) is 8.51. The minimum atomic E-state index is -0.936. The molecule has 3 heterocycles. The topological polar surface area (TPSA) is 78.1 Å². The number of H-pyrrole nitrogens is 1. The van der Waals surface area contributed by atoms with Crippen molar-refractivity contribution in [3.05, 3.63) is 52.0 Å². The Morgan fingerprint density at radius 1 is 1.29 bits per heavy atom. The standard InChI is InChI=1S/C23H25FN4O2S/c1-13(19-8-9-20(31-19)23(30)28-10-4-5-14(24)12-28)25-22(29)16-11-15(16)21-26-17-6-2-3-7-18(17)27-21/h2-3,6-9,13-16H,4-5,10-12H2,1H3,(H,25,29)(H,26,27)/t13?,14?,15-,16-/m0/s1. The quantitative estimate of drug-likeness (QED) is 0.625. The number of fused-ring (bicyclic) bond motifs is 1. The first kappa shape index (κ1) is 20.2. The molecule has 1 aliphatic carbocycles. The fraction of sp³-hybridized carbons (Fsp3) is 0.435. The van der Waals surface area contributed by atoms with Gasteiger partial charge in [-0.25, -0.2) is 9.37 Å². The van der Waals surface area contributed by atoms with Crippen LogP contribution in [0.1, 0.15) is 58.5 Å². The number of carbonyl (C=O) groups excluding carboxylic acids is 2. The fourth-order valence-corrected chi connectivity index (χ4v) is 5.27. The maximum atomic E-state index is 13.6. The average Bonchev–Trinajstić information content (AvgIpc) is 3.21. The lowest BCUT2D eigenvalue weighted by molar-refractivity contribution is -0.123. The smallest absolute Gasteiger partial charge is 0.264 e. The zero-order chi connectivity index (χ0) is 21.5. The van der Waals surface area contributed by atoms with E-state index < -0.39 is 6.17 Å². The summed E-state index contributed by atoms with van der Waals surface area (Å²) in [6, 6.07) is 11.3. The molecule has 1 aliphatic heterocycles. The molecule has 1 aromatic carbocycles. The molecule has 2 aliphatic rings. The van der Waals surface area contributed by atoms with Gasteiger partial charge in [-0.05, 0) is 50.5 Å². The molecule has 4 atom stereocenters. The second-order valence-corrected chi connectivity index (χ2v) is 9.63. The number of likely N-dealkylation sites (tertiary alicyclic amines) is 1. The first-order valence-electron chi connectivity index (χ1n) is 10.8. The molecule has 0 bridgehead atoms. The van der Waals surface area contributed by atoms with Gasteiger partial charge in [0, 0.05) is 23.3 Å². The molecule has 6 nitrogen and oxygen atoms in total. The van der Waals surface area contributed by atoms with Crippen molar-refractivity contribution in [2.45, 2.75) is 44.3 Å². The predicted octanol–water partition coefficient (Wildman–Crippen LogP) is 4.18. The number of aromatic nitrogens is 2. The van der Waals surface area contributed by atoms with E-state index in [1.54, 1.807) is 11.0 Å². The van der Waals surface area contributed by atoms with Crippen molar-refractivity contribution < 1.29 is 14.0 Å². The number of imidazole rings is 1. The number of para-hydroxylation sites is 2. The first-order valence-corrected chi connectivity index (χ1v) is 11.6. The van der Waals surface area contributed by atoms with Crippen LogP contribution in [0.5, 0.6) is 0 Å². The molecule has 8 heteroatoms. The van der Waals surface area contributed by atoms with Crippen molar-refractivity contribution in [1.29, 1.82) is 0 Å². The number of hydrogen-bond donors (Lipinski definition) is 2. The van der Waals surface area contributed by atoms with Crippen molar-refractivity contribution in [3.63, 3.8) is 0 Å². The summed E-state index contributed by atoms with van der Waals surface area (Å²) < 4.78 is 13.6. The van der Waals surface area contributed by atoms with E-state index in [0.29, 0.717) is 24.3 Å². The van der Waals surface area contributed by atoms with Gasteiger partial charge in [0.15, 0.2) is 0 Å². The lowest BCUT2D eigenvalue weighted by atomic mass is 10.1. The number of nitrogens with zero attached hydrogens (tertiary/aromatic N) is 2. The number of nitrogens with one attached hydrogen (secondary N) is 2. The number of amides is 2. The summed E-state index contributed by atoms with van der Waals surface area (Å²) in [7, 11) is 0. The maximum absolute atomic E-state index is 13.6. The third kappa shape index (κ3) is 4.08. The number of rotatable bonds is 5. The van der Waals surface area contributed by atoms with Crippen LogP contribution in [0, 0.1) is 5.92 Å². The highest BCUT2D eigenvalue weighted by Gasteiger charge is 2.46. The Kier molecular flexibility index (Phi) is 5.25. The third-order valence-electron chi connectivity index (χ3n) is 6.16. The summed E-state index contributed by atoms with van der Waals surface area (Å²) in [5.41, 5.74) is 1.90. The Labute approximate surface area is 183 Å². The molecule has 2 unspecified atom stereocenters. The maximum Gasteiger partial charge on any atom is 0.264 e. The van der Waals surface area contributed by atoms with E-state index in [9.17, 15) is 14.0 Å². The molecule has 162 valence electrons. The predicted molar refractivity (Wildman–Crippen MR) is 118 cm³/mol. The van der Waals surface area contributed by atoms with E-state index in [1.165, 1.54) is 11.3 Å². The molecular weight excluding hydrogens is 415 g/mol. The summed E-state index contributed by atoms with van der Waals surface area (Å²) in [5, 5.41) is 3.08. The molecule has 31 heavy (non-hydrogen) atoms. The van der Waals surface area contributed by atoms with Gasteiger partial charge >= 0.3 is 0 Å². The molecule has 5 rings (SSSR count). The van der Waals surface area contributed by atoms with Crippen LogP contribution in [0.3, 0.4) is 0 Å². The fourth-order valence-electron chi connectivity index (χ4n) is 4.29. The number of hydrogen-bond acceptors (Lipinski definition) is 4. The Hall–Kier alpha value is -2.74. The minimum Gasteiger partial charge on any atom is -0.349 e.